The molecule has 1 aromatic carbocycles. The van der Waals surface area contributed by atoms with Crippen LogP contribution in [0.2, 0.25) is 0 Å². The van der Waals surface area contributed by atoms with Gasteiger partial charge in [-0.3, -0.25) is 0 Å². The van der Waals surface area contributed by atoms with Crippen molar-refractivity contribution in [2.45, 2.75) is 51.4 Å². The molecule has 11 heteroatoms. The van der Waals surface area contributed by atoms with E-state index in [9.17, 15) is 12.8 Å². The standard InChI is InChI=1S/C28H38FN7O2S/c1-17(2)20-6-7-25(36-14-19(18(36)3)16-39(5,37)38)22-13-32-27(12-21(20)22)33-26-8-10-31-28(34-26)35-11-9-24(30-4)23(29)15-35/h6-8,10,12-13,17-19,23-24,30H,9,11,14-16H2,1-5H3,(H,31,32,33,34)/t18-,19-,23+,24-/m1/s1. The van der Waals surface area contributed by atoms with Crippen LogP contribution in [0.4, 0.5) is 27.7 Å². The molecule has 0 saturated carbocycles. The van der Waals surface area contributed by atoms with E-state index in [0.717, 1.165) is 16.5 Å². The summed E-state index contributed by atoms with van der Waals surface area (Å²) >= 11 is 0. The van der Waals surface area contributed by atoms with Crippen molar-refractivity contribution < 1.29 is 12.8 Å². The van der Waals surface area contributed by atoms with Gasteiger partial charge < -0.3 is 20.4 Å². The SMILES string of the molecule is CN[C@@H]1CCN(c2nccc(Nc3cc4c(C(C)C)ccc(N5C[C@H](CS(C)(=O)=O)[C@H]5C)c4cn3)n2)C[C@@H]1F. The van der Waals surface area contributed by atoms with E-state index in [-0.39, 0.29) is 30.3 Å². The van der Waals surface area contributed by atoms with Crippen LogP contribution in [0.15, 0.2) is 36.7 Å². The number of hydrogen-bond acceptors (Lipinski definition) is 9. The van der Waals surface area contributed by atoms with Gasteiger partial charge in [-0.1, -0.05) is 19.9 Å². The average Bonchev–Trinajstić information content (AvgIpc) is 2.89. The molecule has 0 spiro atoms. The normalized spacial score (nSPS) is 23.8. The van der Waals surface area contributed by atoms with Crippen LogP contribution in [0.5, 0.6) is 0 Å². The Labute approximate surface area is 230 Å². The number of piperidine rings is 1. The molecule has 3 aromatic rings. The van der Waals surface area contributed by atoms with Crippen LogP contribution in [0.1, 0.15) is 38.7 Å². The number of rotatable bonds is 8. The minimum atomic E-state index is -3.02. The molecule has 0 amide bonds. The first-order valence-corrected chi connectivity index (χ1v) is 15.6. The molecule has 39 heavy (non-hydrogen) atoms. The first-order chi connectivity index (χ1) is 18.5. The van der Waals surface area contributed by atoms with Gasteiger partial charge in [0.05, 0.1) is 12.3 Å². The maximum atomic E-state index is 14.5. The van der Waals surface area contributed by atoms with Crippen LogP contribution in [0, 0.1) is 5.92 Å². The van der Waals surface area contributed by atoms with Crippen molar-refractivity contribution in [1.82, 2.24) is 20.3 Å². The van der Waals surface area contributed by atoms with Crippen molar-refractivity contribution in [2.75, 3.05) is 53.8 Å². The summed E-state index contributed by atoms with van der Waals surface area (Å²) in [7, 11) is -1.23. The molecule has 2 aromatic heterocycles. The molecule has 0 radical (unpaired) electrons. The number of nitrogens with zero attached hydrogens (tertiary/aromatic N) is 5. The number of pyridine rings is 1. The fourth-order valence-corrected chi connectivity index (χ4v) is 6.93. The second-order valence-electron chi connectivity index (χ2n) is 11.2. The van der Waals surface area contributed by atoms with Crippen molar-refractivity contribution in [3.05, 3.63) is 42.2 Å². The Bertz CT molecular complexity index is 1450. The highest BCUT2D eigenvalue weighted by Gasteiger charge is 2.38. The zero-order chi connectivity index (χ0) is 27.9. The van der Waals surface area contributed by atoms with E-state index in [1.54, 1.807) is 19.3 Å². The van der Waals surface area contributed by atoms with Gasteiger partial charge in [-0.15, -0.1) is 0 Å². The van der Waals surface area contributed by atoms with Crippen LogP contribution < -0.4 is 20.4 Å². The number of hydrogen-bond donors (Lipinski definition) is 2. The van der Waals surface area contributed by atoms with Gasteiger partial charge in [-0.2, -0.15) is 4.98 Å². The predicted molar refractivity (Wildman–Crippen MR) is 156 cm³/mol. The van der Waals surface area contributed by atoms with E-state index >= 15 is 0 Å². The van der Waals surface area contributed by atoms with Crippen LogP contribution in [0.3, 0.4) is 0 Å². The fraction of sp³-hybridized carbons (Fsp3) is 0.536. The van der Waals surface area contributed by atoms with Gasteiger partial charge in [-0.05, 0) is 55.5 Å². The first-order valence-electron chi connectivity index (χ1n) is 13.6. The molecular formula is C28H38FN7O2S. The minimum absolute atomic E-state index is 0.123. The molecule has 9 nitrogen and oxygen atoms in total. The molecular weight excluding hydrogens is 517 g/mol. The zero-order valence-corrected chi connectivity index (χ0v) is 24.0. The topological polar surface area (TPSA) is 103 Å². The zero-order valence-electron chi connectivity index (χ0n) is 23.2. The summed E-state index contributed by atoms with van der Waals surface area (Å²) in [5.41, 5.74) is 2.28. The quantitative estimate of drug-likeness (QED) is 0.428. The molecule has 2 aliphatic rings. The summed E-state index contributed by atoms with van der Waals surface area (Å²) < 4.78 is 38.2. The second-order valence-corrected chi connectivity index (χ2v) is 13.4. The van der Waals surface area contributed by atoms with Gasteiger partial charge in [0.1, 0.15) is 27.6 Å². The summed E-state index contributed by atoms with van der Waals surface area (Å²) in [6, 6.07) is 8.11. The number of benzene rings is 1. The summed E-state index contributed by atoms with van der Waals surface area (Å²) in [5, 5.41) is 8.50. The maximum absolute atomic E-state index is 14.5. The Balaban J connectivity index is 1.40. The van der Waals surface area contributed by atoms with Crippen LogP contribution in [0.25, 0.3) is 10.8 Å². The highest BCUT2D eigenvalue weighted by Crippen LogP contribution is 2.39. The van der Waals surface area contributed by atoms with Crippen LogP contribution >= 0.6 is 0 Å². The Morgan fingerprint density at radius 3 is 2.59 bits per heavy atom. The van der Waals surface area contributed by atoms with E-state index in [0.29, 0.717) is 43.0 Å². The number of anilines is 4. The van der Waals surface area contributed by atoms with Crippen molar-refractivity contribution in [3.63, 3.8) is 0 Å². The molecule has 5 rings (SSSR count). The number of fused-ring (bicyclic) bond motifs is 1. The van der Waals surface area contributed by atoms with Gasteiger partial charge >= 0.3 is 0 Å². The largest absolute Gasteiger partial charge is 0.368 e. The third-order valence-electron chi connectivity index (χ3n) is 8.06. The number of sulfone groups is 1. The number of nitrogens with one attached hydrogen (secondary N) is 2. The summed E-state index contributed by atoms with van der Waals surface area (Å²) in [6.07, 6.45) is 4.57. The number of aromatic nitrogens is 3. The lowest BCUT2D eigenvalue weighted by Gasteiger charge is -2.48. The highest BCUT2D eigenvalue weighted by atomic mass is 32.2. The minimum Gasteiger partial charge on any atom is -0.368 e. The average molecular weight is 556 g/mol. The van der Waals surface area contributed by atoms with E-state index < -0.39 is 16.0 Å². The summed E-state index contributed by atoms with van der Waals surface area (Å²) in [5.74, 6) is 2.40. The lowest BCUT2D eigenvalue weighted by molar-refractivity contribution is 0.226. The van der Waals surface area contributed by atoms with Gasteiger partial charge in [0.15, 0.2) is 0 Å². The third kappa shape index (κ3) is 5.79. The first kappa shape index (κ1) is 27.5. The highest BCUT2D eigenvalue weighted by molar-refractivity contribution is 7.90. The molecule has 2 N–H and O–H groups in total. The Morgan fingerprint density at radius 1 is 1.13 bits per heavy atom. The maximum Gasteiger partial charge on any atom is 0.227 e. The number of alkyl halides is 1. The van der Waals surface area contributed by atoms with Gasteiger partial charge in [0.2, 0.25) is 5.95 Å². The summed E-state index contributed by atoms with van der Waals surface area (Å²) in [6.45, 7) is 8.07. The molecule has 2 aliphatic heterocycles. The van der Waals surface area contributed by atoms with Crippen molar-refractivity contribution in [3.8, 4) is 0 Å². The second kappa shape index (κ2) is 10.8. The van der Waals surface area contributed by atoms with E-state index in [2.05, 4.69) is 58.4 Å². The molecule has 0 bridgehead atoms. The lowest BCUT2D eigenvalue weighted by atomic mass is 9.88. The number of halogens is 1. The van der Waals surface area contributed by atoms with E-state index in [1.165, 1.54) is 11.8 Å². The Hall–Kier alpha value is -3.05. The lowest BCUT2D eigenvalue weighted by Crippen LogP contribution is -2.57. The molecule has 2 fully saturated rings. The van der Waals surface area contributed by atoms with Gasteiger partial charge in [-0.25, -0.2) is 22.8 Å². The summed E-state index contributed by atoms with van der Waals surface area (Å²) in [4.78, 5) is 17.9. The molecule has 0 aliphatic carbocycles. The van der Waals surface area contributed by atoms with Crippen LogP contribution in [-0.4, -0.2) is 80.3 Å². The van der Waals surface area contributed by atoms with Crippen molar-refractivity contribution >= 4 is 43.9 Å². The molecule has 210 valence electrons. The third-order valence-corrected chi connectivity index (χ3v) is 9.09. The van der Waals surface area contributed by atoms with Gasteiger partial charge in [0.25, 0.3) is 0 Å². The van der Waals surface area contributed by atoms with Gasteiger partial charge in [0, 0.05) is 60.8 Å². The molecule has 0 unspecified atom stereocenters. The smallest absolute Gasteiger partial charge is 0.227 e. The monoisotopic (exact) mass is 555 g/mol. The van der Waals surface area contributed by atoms with E-state index in [1.807, 2.05) is 17.2 Å². The molecule has 2 saturated heterocycles. The van der Waals surface area contributed by atoms with Crippen molar-refractivity contribution in [2.24, 2.45) is 5.92 Å². The van der Waals surface area contributed by atoms with Crippen LogP contribution in [-0.2, 0) is 9.84 Å². The fourth-order valence-electron chi connectivity index (χ4n) is 5.77. The Kier molecular flexibility index (Phi) is 7.65. The molecule has 4 atom stereocenters. The molecule has 4 heterocycles. The Morgan fingerprint density at radius 2 is 1.92 bits per heavy atom. The van der Waals surface area contributed by atoms with Crippen molar-refractivity contribution in [1.29, 1.82) is 0 Å². The van der Waals surface area contributed by atoms with E-state index in [4.69, 9.17) is 4.98 Å². The predicted octanol–water partition coefficient (Wildman–Crippen LogP) is 3.90.